The third kappa shape index (κ3) is 2.49. The van der Waals surface area contributed by atoms with Crippen molar-refractivity contribution in [3.05, 3.63) is 56.7 Å². The zero-order valence-corrected chi connectivity index (χ0v) is 14.8. The Hall–Kier alpha value is -2.45. The van der Waals surface area contributed by atoms with Gasteiger partial charge < -0.3 is 5.73 Å². The predicted molar refractivity (Wildman–Crippen MR) is 95.1 cm³/mol. The summed E-state index contributed by atoms with van der Waals surface area (Å²) >= 11 is 12.2. The average molecular weight is 369 g/mol. The molecular weight excluding hydrogens is 355 g/mol. The molecule has 2 aliphatic carbocycles. The van der Waals surface area contributed by atoms with Crippen LogP contribution in [0.3, 0.4) is 0 Å². The van der Waals surface area contributed by atoms with Crippen molar-refractivity contribution in [2.45, 2.75) is 25.2 Å². The Kier molecular flexibility index (Phi) is 4.49. The van der Waals surface area contributed by atoms with E-state index in [4.69, 9.17) is 28.9 Å². The van der Waals surface area contributed by atoms with Crippen LogP contribution in [-0.4, -0.2) is 0 Å². The summed E-state index contributed by atoms with van der Waals surface area (Å²) in [6, 6.07) is 11.4. The molecule has 0 saturated heterocycles. The van der Waals surface area contributed by atoms with Crippen LogP contribution in [0.25, 0.3) is 0 Å². The summed E-state index contributed by atoms with van der Waals surface area (Å²) in [5.74, 6) is -0.631. The standard InChI is InChI=1S/C19H14Cl2N4/c20-15-6-5-11(7-16(15)21)17-13-4-2-1-3-12(13)14(8-22)18(25)19(17,9-23)10-24/h3,5-7,13,17H,1-2,4,25H2/t13-,17+/m0/s1. The van der Waals surface area contributed by atoms with Gasteiger partial charge in [0.1, 0.15) is 6.07 Å². The molecule has 0 saturated carbocycles. The van der Waals surface area contributed by atoms with E-state index in [1.54, 1.807) is 18.2 Å². The van der Waals surface area contributed by atoms with Crippen molar-refractivity contribution in [2.24, 2.45) is 17.1 Å². The largest absolute Gasteiger partial charge is 0.399 e. The summed E-state index contributed by atoms with van der Waals surface area (Å²) in [6.07, 6.45) is 4.56. The Labute approximate surface area is 156 Å². The summed E-state index contributed by atoms with van der Waals surface area (Å²) in [5, 5.41) is 30.1. The zero-order valence-electron chi connectivity index (χ0n) is 13.3. The van der Waals surface area contributed by atoms with Crippen molar-refractivity contribution in [3.63, 3.8) is 0 Å². The van der Waals surface area contributed by atoms with Gasteiger partial charge in [-0.25, -0.2) is 0 Å². The Morgan fingerprint density at radius 2 is 1.84 bits per heavy atom. The molecule has 0 heterocycles. The first-order valence-corrected chi connectivity index (χ1v) is 8.64. The van der Waals surface area contributed by atoms with Crippen LogP contribution in [0, 0.1) is 45.3 Å². The minimum Gasteiger partial charge on any atom is -0.399 e. The Morgan fingerprint density at radius 3 is 2.44 bits per heavy atom. The van der Waals surface area contributed by atoms with Crippen molar-refractivity contribution in [1.29, 1.82) is 15.8 Å². The smallest absolute Gasteiger partial charge is 0.191 e. The van der Waals surface area contributed by atoms with Gasteiger partial charge in [-0.2, -0.15) is 15.8 Å². The average Bonchev–Trinajstić information content (AvgIpc) is 2.63. The molecule has 0 amide bonds. The van der Waals surface area contributed by atoms with Gasteiger partial charge >= 0.3 is 0 Å². The van der Waals surface area contributed by atoms with E-state index in [1.807, 2.05) is 6.08 Å². The van der Waals surface area contributed by atoms with E-state index < -0.39 is 11.3 Å². The number of nitriles is 3. The quantitative estimate of drug-likeness (QED) is 0.783. The second-order valence-corrected chi connectivity index (χ2v) is 7.09. The molecule has 124 valence electrons. The van der Waals surface area contributed by atoms with Gasteiger partial charge in [0.15, 0.2) is 5.41 Å². The first kappa shape index (κ1) is 17.4. The number of hydrogen-bond acceptors (Lipinski definition) is 4. The van der Waals surface area contributed by atoms with E-state index >= 15 is 0 Å². The molecule has 1 aromatic carbocycles. The molecule has 6 heteroatoms. The van der Waals surface area contributed by atoms with Crippen LogP contribution in [0.4, 0.5) is 0 Å². The number of hydrogen-bond donors (Lipinski definition) is 1. The lowest BCUT2D eigenvalue weighted by Crippen LogP contribution is -2.42. The van der Waals surface area contributed by atoms with Crippen LogP contribution in [-0.2, 0) is 0 Å². The lowest BCUT2D eigenvalue weighted by Gasteiger charge is -2.43. The summed E-state index contributed by atoms with van der Waals surface area (Å²) in [4.78, 5) is 0. The van der Waals surface area contributed by atoms with Gasteiger partial charge in [0.05, 0.1) is 33.5 Å². The van der Waals surface area contributed by atoms with Crippen molar-refractivity contribution < 1.29 is 0 Å². The highest BCUT2D eigenvalue weighted by Gasteiger charge is 2.53. The molecule has 0 aliphatic heterocycles. The van der Waals surface area contributed by atoms with Crippen molar-refractivity contribution >= 4 is 23.2 Å². The normalized spacial score (nSPS) is 24.4. The minimum absolute atomic E-state index is 0.0282. The van der Waals surface area contributed by atoms with E-state index in [9.17, 15) is 15.8 Å². The summed E-state index contributed by atoms with van der Waals surface area (Å²) in [6.45, 7) is 0. The Balaban J connectivity index is 2.33. The molecule has 25 heavy (non-hydrogen) atoms. The van der Waals surface area contributed by atoms with Crippen LogP contribution >= 0.6 is 23.2 Å². The Bertz CT molecular complexity index is 910. The zero-order chi connectivity index (χ0) is 18.2. The van der Waals surface area contributed by atoms with Crippen molar-refractivity contribution in [1.82, 2.24) is 0 Å². The van der Waals surface area contributed by atoms with Crippen molar-refractivity contribution in [2.75, 3.05) is 0 Å². The van der Waals surface area contributed by atoms with E-state index in [0.717, 1.165) is 30.4 Å². The third-order valence-electron chi connectivity index (χ3n) is 5.10. The summed E-state index contributed by atoms with van der Waals surface area (Å²) in [5.41, 5.74) is 6.46. The number of nitrogens with two attached hydrogens (primary N) is 1. The lowest BCUT2D eigenvalue weighted by molar-refractivity contribution is 0.317. The molecular formula is C19H14Cl2N4. The van der Waals surface area contributed by atoms with Gasteiger partial charge in [0, 0.05) is 5.92 Å². The number of allylic oxidation sites excluding steroid dienone is 4. The summed E-state index contributed by atoms with van der Waals surface area (Å²) in [7, 11) is 0. The van der Waals surface area contributed by atoms with Gasteiger partial charge in [-0.15, -0.1) is 0 Å². The fourth-order valence-electron chi connectivity index (χ4n) is 3.96. The molecule has 0 radical (unpaired) electrons. The molecule has 2 atom stereocenters. The predicted octanol–water partition coefficient (Wildman–Crippen LogP) is 4.59. The number of nitrogens with zero attached hydrogens (tertiary/aromatic N) is 3. The van der Waals surface area contributed by atoms with Gasteiger partial charge in [-0.05, 0) is 48.4 Å². The number of benzene rings is 1. The van der Waals surface area contributed by atoms with Crippen LogP contribution in [0.15, 0.2) is 41.1 Å². The molecule has 3 rings (SSSR count). The monoisotopic (exact) mass is 368 g/mol. The van der Waals surface area contributed by atoms with Crippen LogP contribution in [0.2, 0.25) is 10.0 Å². The van der Waals surface area contributed by atoms with Crippen molar-refractivity contribution in [3.8, 4) is 18.2 Å². The summed E-state index contributed by atoms with van der Waals surface area (Å²) < 4.78 is 0. The highest BCUT2D eigenvalue weighted by molar-refractivity contribution is 6.42. The first-order valence-electron chi connectivity index (χ1n) is 7.88. The van der Waals surface area contributed by atoms with Crippen LogP contribution < -0.4 is 5.73 Å². The molecule has 2 N–H and O–H groups in total. The SMILES string of the molecule is N#CC1=C(N)C(C#N)(C#N)[C@H](c2ccc(Cl)c(Cl)c2)[C@H]2CCCC=C12. The first-order chi connectivity index (χ1) is 12.0. The second kappa shape index (κ2) is 6.45. The maximum Gasteiger partial charge on any atom is 0.191 e. The van der Waals surface area contributed by atoms with E-state index in [1.165, 1.54) is 0 Å². The fraction of sp³-hybridized carbons (Fsp3) is 0.316. The number of fused-ring (bicyclic) bond motifs is 1. The van der Waals surface area contributed by atoms with Crippen LogP contribution in [0.1, 0.15) is 30.7 Å². The second-order valence-electron chi connectivity index (χ2n) is 6.28. The highest BCUT2D eigenvalue weighted by atomic mass is 35.5. The molecule has 2 aliphatic rings. The van der Waals surface area contributed by atoms with E-state index in [2.05, 4.69) is 18.2 Å². The van der Waals surface area contributed by atoms with Gasteiger partial charge in [-0.1, -0.05) is 35.3 Å². The number of halogens is 2. The molecule has 0 unspecified atom stereocenters. The maximum absolute atomic E-state index is 9.90. The lowest BCUT2D eigenvalue weighted by atomic mass is 9.57. The maximum atomic E-state index is 9.90. The van der Waals surface area contributed by atoms with Gasteiger partial charge in [-0.3, -0.25) is 0 Å². The molecule has 0 fully saturated rings. The van der Waals surface area contributed by atoms with E-state index in [-0.39, 0.29) is 17.2 Å². The molecule has 1 aromatic rings. The minimum atomic E-state index is -1.61. The van der Waals surface area contributed by atoms with E-state index in [0.29, 0.717) is 10.0 Å². The Morgan fingerprint density at radius 1 is 1.12 bits per heavy atom. The van der Waals surface area contributed by atoms with Crippen LogP contribution in [0.5, 0.6) is 0 Å². The highest BCUT2D eigenvalue weighted by Crippen LogP contribution is 2.56. The fourth-order valence-corrected chi connectivity index (χ4v) is 4.26. The molecule has 0 bridgehead atoms. The van der Waals surface area contributed by atoms with Gasteiger partial charge in [0.25, 0.3) is 0 Å². The topological polar surface area (TPSA) is 97.4 Å². The van der Waals surface area contributed by atoms with Gasteiger partial charge in [0.2, 0.25) is 0 Å². The molecule has 0 aromatic heterocycles. The third-order valence-corrected chi connectivity index (χ3v) is 5.84. The molecule has 0 spiro atoms. The molecule has 4 nitrogen and oxygen atoms in total. The number of rotatable bonds is 1.